The Balaban J connectivity index is 2.44. The van der Waals surface area contributed by atoms with E-state index in [1.54, 1.807) is 18.2 Å². The molecule has 0 unspecified atom stereocenters. The largest absolute Gasteiger partial charge is 0.464 e. The van der Waals surface area contributed by atoms with Crippen molar-refractivity contribution in [2.24, 2.45) is 0 Å². The third-order valence-electron chi connectivity index (χ3n) is 2.25. The van der Waals surface area contributed by atoms with Gasteiger partial charge in [0.05, 0.1) is 17.9 Å². The van der Waals surface area contributed by atoms with Crippen LogP contribution in [0.1, 0.15) is 18.1 Å². The molecule has 0 aliphatic heterocycles. The van der Waals surface area contributed by atoms with Gasteiger partial charge in [-0.3, -0.25) is 4.79 Å². The molecule has 0 amide bonds. The topological polar surface area (TPSA) is 63.2 Å². The highest BCUT2D eigenvalue weighted by Crippen LogP contribution is 2.24. The predicted molar refractivity (Wildman–Crippen MR) is 56.4 cm³/mol. The number of esters is 1. The fraction of sp³-hybridized carbons (Fsp3) is 0.167. The zero-order chi connectivity index (χ0) is 11.5. The van der Waals surface area contributed by atoms with Crippen LogP contribution in [0, 0.1) is 11.3 Å². The minimum atomic E-state index is -0.343. The summed E-state index contributed by atoms with van der Waals surface area (Å²) in [5.74, 6) is -0.343. The van der Waals surface area contributed by atoms with Gasteiger partial charge in [0.1, 0.15) is 12.2 Å². The number of hydrogen-bond acceptors (Lipinski definition) is 4. The first-order valence-corrected chi connectivity index (χ1v) is 4.75. The molecule has 0 aliphatic rings. The van der Waals surface area contributed by atoms with Crippen LogP contribution in [0.2, 0.25) is 0 Å². The normalized spacial score (nSPS) is 10.0. The number of rotatable bonds is 2. The highest BCUT2D eigenvalue weighted by atomic mass is 16.5. The Kier molecular flexibility index (Phi) is 2.61. The number of carbonyl (C=O) groups is 1. The third kappa shape index (κ3) is 1.75. The van der Waals surface area contributed by atoms with Crippen LogP contribution in [0.25, 0.3) is 11.0 Å². The highest BCUT2D eigenvalue weighted by molar-refractivity contribution is 5.86. The Morgan fingerprint density at radius 2 is 2.31 bits per heavy atom. The summed E-state index contributed by atoms with van der Waals surface area (Å²) in [5, 5.41) is 9.63. The van der Waals surface area contributed by atoms with E-state index in [1.165, 1.54) is 13.2 Å². The van der Waals surface area contributed by atoms with Crippen molar-refractivity contribution in [2.45, 2.75) is 13.5 Å². The number of carbonyl (C=O) groups excluding carboxylic acids is 1. The van der Waals surface area contributed by atoms with Crippen LogP contribution >= 0.6 is 0 Å². The van der Waals surface area contributed by atoms with E-state index in [0.29, 0.717) is 11.1 Å². The van der Waals surface area contributed by atoms with Crippen LogP contribution in [-0.4, -0.2) is 5.97 Å². The number of nitrogens with zero attached hydrogens (tertiary/aromatic N) is 1. The molecule has 16 heavy (non-hydrogen) atoms. The lowest BCUT2D eigenvalue weighted by Gasteiger charge is -2.03. The Hall–Kier alpha value is -2.28. The lowest BCUT2D eigenvalue weighted by Crippen LogP contribution is -1.99. The summed E-state index contributed by atoms with van der Waals surface area (Å²) in [7, 11) is 0. The van der Waals surface area contributed by atoms with E-state index in [9.17, 15) is 4.79 Å². The van der Waals surface area contributed by atoms with Crippen molar-refractivity contribution in [1.29, 1.82) is 5.26 Å². The summed E-state index contributed by atoms with van der Waals surface area (Å²) in [5.41, 5.74) is 1.91. The highest BCUT2D eigenvalue weighted by Gasteiger charge is 2.09. The Morgan fingerprint density at radius 1 is 1.50 bits per heavy atom. The molecule has 0 radical (unpaired) electrons. The molecule has 1 aromatic carbocycles. The maximum absolute atomic E-state index is 10.7. The van der Waals surface area contributed by atoms with E-state index >= 15 is 0 Å². The van der Waals surface area contributed by atoms with Crippen molar-refractivity contribution >= 4 is 16.9 Å². The molecule has 0 saturated carbocycles. The molecule has 0 spiro atoms. The number of benzene rings is 1. The number of ether oxygens (including phenoxy) is 1. The molecule has 0 bridgehead atoms. The lowest BCUT2D eigenvalue weighted by atomic mass is 10.1. The molecule has 0 aliphatic carbocycles. The molecule has 0 fully saturated rings. The second kappa shape index (κ2) is 4.07. The first-order valence-electron chi connectivity index (χ1n) is 4.75. The van der Waals surface area contributed by atoms with E-state index in [0.717, 1.165) is 10.9 Å². The molecule has 4 heteroatoms. The van der Waals surface area contributed by atoms with Crippen LogP contribution in [-0.2, 0) is 16.1 Å². The van der Waals surface area contributed by atoms with Gasteiger partial charge in [0, 0.05) is 17.9 Å². The van der Waals surface area contributed by atoms with Gasteiger partial charge in [-0.05, 0) is 12.1 Å². The minimum Gasteiger partial charge on any atom is -0.464 e. The lowest BCUT2D eigenvalue weighted by molar-refractivity contribution is -0.142. The van der Waals surface area contributed by atoms with Crippen molar-refractivity contribution in [2.75, 3.05) is 0 Å². The second-order valence-electron chi connectivity index (χ2n) is 3.33. The number of hydrogen-bond donors (Lipinski definition) is 0. The smallest absolute Gasteiger partial charge is 0.302 e. The van der Waals surface area contributed by atoms with Crippen LogP contribution in [0.5, 0.6) is 0 Å². The van der Waals surface area contributed by atoms with Crippen molar-refractivity contribution in [3.8, 4) is 6.07 Å². The molecule has 0 atom stereocenters. The van der Waals surface area contributed by atoms with Crippen molar-refractivity contribution < 1.29 is 13.9 Å². The van der Waals surface area contributed by atoms with Crippen LogP contribution in [0.3, 0.4) is 0 Å². The molecule has 0 N–H and O–H groups in total. The average Bonchev–Trinajstić information content (AvgIpc) is 2.74. The van der Waals surface area contributed by atoms with Gasteiger partial charge < -0.3 is 9.15 Å². The third-order valence-corrected chi connectivity index (χ3v) is 2.25. The molecule has 4 nitrogen and oxygen atoms in total. The predicted octanol–water partition coefficient (Wildman–Crippen LogP) is 2.37. The Morgan fingerprint density at radius 3 is 3.00 bits per heavy atom. The van der Waals surface area contributed by atoms with E-state index in [1.807, 2.05) is 0 Å². The quantitative estimate of drug-likeness (QED) is 0.721. The Bertz CT molecular complexity index is 577. The van der Waals surface area contributed by atoms with Gasteiger partial charge in [-0.25, -0.2) is 0 Å². The van der Waals surface area contributed by atoms with Gasteiger partial charge in [0.2, 0.25) is 0 Å². The maximum atomic E-state index is 10.7. The molecule has 1 aromatic heterocycles. The molecule has 2 rings (SSSR count). The van der Waals surface area contributed by atoms with Crippen LogP contribution in [0.4, 0.5) is 0 Å². The van der Waals surface area contributed by atoms with Gasteiger partial charge in [-0.1, -0.05) is 6.07 Å². The Labute approximate surface area is 92.0 Å². The van der Waals surface area contributed by atoms with E-state index in [-0.39, 0.29) is 12.6 Å². The van der Waals surface area contributed by atoms with E-state index < -0.39 is 0 Å². The molecular weight excluding hydrogens is 206 g/mol. The zero-order valence-electron chi connectivity index (χ0n) is 8.69. The van der Waals surface area contributed by atoms with Crippen molar-refractivity contribution in [3.05, 3.63) is 35.6 Å². The molecule has 1 heterocycles. The fourth-order valence-electron chi connectivity index (χ4n) is 1.51. The number of fused-ring (bicyclic) bond motifs is 1. The van der Waals surface area contributed by atoms with E-state index in [4.69, 9.17) is 14.4 Å². The minimum absolute atomic E-state index is 0.158. The standard InChI is InChI=1S/C12H9NO3/c1-8(14)16-7-10-3-2-9(6-13)11-4-5-15-12(10)11/h2-5H,7H2,1H3. The van der Waals surface area contributed by atoms with E-state index in [2.05, 4.69) is 6.07 Å². The second-order valence-corrected chi connectivity index (χ2v) is 3.33. The van der Waals surface area contributed by atoms with Crippen molar-refractivity contribution in [3.63, 3.8) is 0 Å². The van der Waals surface area contributed by atoms with Gasteiger partial charge in [-0.2, -0.15) is 5.26 Å². The fourth-order valence-corrected chi connectivity index (χ4v) is 1.51. The summed E-state index contributed by atoms with van der Waals surface area (Å²) in [6.07, 6.45) is 1.52. The summed E-state index contributed by atoms with van der Waals surface area (Å²) in [6, 6.07) is 7.23. The summed E-state index contributed by atoms with van der Waals surface area (Å²) in [4.78, 5) is 10.7. The average molecular weight is 215 g/mol. The summed E-state index contributed by atoms with van der Waals surface area (Å²) >= 11 is 0. The maximum Gasteiger partial charge on any atom is 0.302 e. The summed E-state index contributed by atoms with van der Waals surface area (Å²) < 4.78 is 10.2. The van der Waals surface area contributed by atoms with Gasteiger partial charge >= 0.3 is 5.97 Å². The van der Waals surface area contributed by atoms with Gasteiger partial charge in [0.15, 0.2) is 0 Å². The van der Waals surface area contributed by atoms with Gasteiger partial charge in [0.25, 0.3) is 0 Å². The summed E-state index contributed by atoms with van der Waals surface area (Å²) in [6.45, 7) is 1.51. The molecule has 80 valence electrons. The first kappa shape index (κ1) is 10.2. The molecule has 2 aromatic rings. The van der Waals surface area contributed by atoms with Gasteiger partial charge in [-0.15, -0.1) is 0 Å². The first-order chi connectivity index (χ1) is 7.72. The zero-order valence-corrected chi connectivity index (χ0v) is 8.69. The molecule has 0 saturated heterocycles. The number of furan rings is 1. The monoisotopic (exact) mass is 215 g/mol. The van der Waals surface area contributed by atoms with Crippen molar-refractivity contribution in [1.82, 2.24) is 0 Å². The number of nitriles is 1. The van der Waals surface area contributed by atoms with Crippen LogP contribution in [0.15, 0.2) is 28.9 Å². The SMILES string of the molecule is CC(=O)OCc1ccc(C#N)c2ccoc12. The van der Waals surface area contributed by atoms with Crippen LogP contribution < -0.4 is 0 Å². The molecular formula is C12H9NO3.